The van der Waals surface area contributed by atoms with Crippen LogP contribution in [0.4, 0.5) is 0 Å². The van der Waals surface area contributed by atoms with Crippen molar-refractivity contribution in [3.8, 4) is 0 Å². The second-order valence-electron chi connectivity index (χ2n) is 17.5. The second kappa shape index (κ2) is 23.1. The largest absolute Gasteiger partial charge is 0.456 e. The van der Waals surface area contributed by atoms with E-state index in [1.54, 1.807) is 27.7 Å². The van der Waals surface area contributed by atoms with Crippen molar-refractivity contribution >= 4 is 29.8 Å². The number of benzene rings is 1. The highest BCUT2D eigenvalue weighted by atomic mass is 16.8. The van der Waals surface area contributed by atoms with Crippen molar-refractivity contribution < 1.29 is 104 Å². The molecule has 5 fully saturated rings. The molecular formula is C45H64O22. The molecule has 1 aromatic rings. The van der Waals surface area contributed by atoms with E-state index in [1.165, 1.54) is 0 Å². The van der Waals surface area contributed by atoms with Gasteiger partial charge in [0, 0.05) is 34.6 Å². The van der Waals surface area contributed by atoms with E-state index in [9.17, 15) is 24.0 Å². The summed E-state index contributed by atoms with van der Waals surface area (Å²) in [5.41, 5.74) is 0.745. The summed E-state index contributed by atoms with van der Waals surface area (Å²) in [6.07, 6.45) is -14.9. The summed E-state index contributed by atoms with van der Waals surface area (Å²) in [5.74, 6) is -8.22. The third-order valence-corrected chi connectivity index (χ3v) is 11.0. The summed E-state index contributed by atoms with van der Waals surface area (Å²) in [6, 6.07) is 9.08. The Morgan fingerprint density at radius 1 is 0.537 bits per heavy atom. The van der Waals surface area contributed by atoms with Crippen LogP contribution >= 0.6 is 0 Å². The van der Waals surface area contributed by atoms with Crippen molar-refractivity contribution in [1.29, 1.82) is 0 Å². The molecule has 0 N–H and O–H groups in total. The molecule has 0 amide bonds. The maximum atomic E-state index is 13.0. The van der Waals surface area contributed by atoms with Crippen LogP contribution in [0.15, 0.2) is 30.3 Å². The third-order valence-electron chi connectivity index (χ3n) is 11.0. The Labute approximate surface area is 388 Å². The van der Waals surface area contributed by atoms with Crippen molar-refractivity contribution in [2.75, 3.05) is 59.5 Å². The average molecular weight is 957 g/mol. The van der Waals surface area contributed by atoms with E-state index in [-0.39, 0.29) is 59.5 Å². The normalized spacial score (nSPS) is 35.8. The first-order valence-corrected chi connectivity index (χ1v) is 22.3. The lowest BCUT2D eigenvalue weighted by Gasteiger charge is -2.46. The molecule has 1 aromatic carbocycles. The van der Waals surface area contributed by atoms with Gasteiger partial charge in [0.2, 0.25) is 12.1 Å². The number of fused-ring (bicyclic) bond motifs is 4. The molecule has 5 aliphatic rings. The van der Waals surface area contributed by atoms with E-state index in [2.05, 4.69) is 0 Å². The number of carbonyl (C=O) groups is 5. The monoisotopic (exact) mass is 956 g/mol. The van der Waals surface area contributed by atoms with Gasteiger partial charge >= 0.3 is 29.8 Å². The molecule has 22 heteroatoms. The molecule has 4 bridgehead atoms. The van der Waals surface area contributed by atoms with Crippen LogP contribution in [0.3, 0.4) is 0 Å². The molecule has 0 aliphatic carbocycles. The van der Waals surface area contributed by atoms with Gasteiger partial charge in [0.25, 0.3) is 0 Å². The molecule has 0 saturated carbocycles. The van der Waals surface area contributed by atoms with Crippen LogP contribution in [0.2, 0.25) is 0 Å². The van der Waals surface area contributed by atoms with E-state index in [1.807, 2.05) is 30.3 Å². The van der Waals surface area contributed by atoms with Crippen LogP contribution in [0, 0.1) is 0 Å². The number of hydrogen-bond donors (Lipinski definition) is 0. The van der Waals surface area contributed by atoms with Gasteiger partial charge in [-0.3, -0.25) is 24.0 Å². The Balaban J connectivity index is 1.42. The van der Waals surface area contributed by atoms with Gasteiger partial charge in [-0.2, -0.15) is 0 Å². The molecule has 2 unspecified atom stereocenters. The molecule has 0 radical (unpaired) electrons. The van der Waals surface area contributed by atoms with Crippen molar-refractivity contribution in [3.05, 3.63) is 35.9 Å². The topological polar surface area (TPSA) is 242 Å². The summed E-state index contributed by atoms with van der Waals surface area (Å²) in [5, 5.41) is 0. The fourth-order valence-corrected chi connectivity index (χ4v) is 8.51. The van der Waals surface area contributed by atoms with Gasteiger partial charge in [-0.25, -0.2) is 0 Å². The lowest BCUT2D eigenvalue weighted by atomic mass is 9.97. The molecule has 5 heterocycles. The molecule has 13 atom stereocenters. The number of rotatable bonds is 11. The molecule has 0 aromatic heterocycles. The summed E-state index contributed by atoms with van der Waals surface area (Å²) in [7, 11) is 0. The fourth-order valence-electron chi connectivity index (χ4n) is 8.51. The summed E-state index contributed by atoms with van der Waals surface area (Å²) >= 11 is 0. The van der Waals surface area contributed by atoms with E-state index in [0.29, 0.717) is 0 Å². The van der Waals surface area contributed by atoms with Crippen LogP contribution in [-0.2, 0) is 111 Å². The lowest BCUT2D eigenvalue weighted by molar-refractivity contribution is -0.387. The van der Waals surface area contributed by atoms with E-state index in [4.69, 9.17) is 80.5 Å². The lowest BCUT2D eigenvalue weighted by Crippen LogP contribution is -2.65. The Morgan fingerprint density at radius 2 is 1.03 bits per heavy atom. The smallest absolute Gasteiger partial charge is 0.303 e. The van der Waals surface area contributed by atoms with Crippen molar-refractivity contribution in [3.63, 3.8) is 0 Å². The van der Waals surface area contributed by atoms with E-state index < -0.39 is 127 Å². The zero-order valence-electron chi connectivity index (χ0n) is 39.4. The first-order valence-electron chi connectivity index (χ1n) is 22.3. The minimum absolute atomic E-state index is 0.00845. The van der Waals surface area contributed by atoms with Gasteiger partial charge < -0.3 is 80.5 Å². The van der Waals surface area contributed by atoms with Crippen molar-refractivity contribution in [1.82, 2.24) is 0 Å². The van der Waals surface area contributed by atoms with Gasteiger partial charge in [0.05, 0.1) is 59.5 Å². The van der Waals surface area contributed by atoms with Crippen LogP contribution in [0.25, 0.3) is 0 Å². The minimum Gasteiger partial charge on any atom is -0.456 e. The molecule has 67 heavy (non-hydrogen) atoms. The highest BCUT2D eigenvalue weighted by Gasteiger charge is 2.64. The van der Waals surface area contributed by atoms with Crippen LogP contribution in [0.5, 0.6) is 0 Å². The summed E-state index contributed by atoms with van der Waals surface area (Å²) in [6.45, 7) is 11.7. The third kappa shape index (κ3) is 14.3. The first kappa shape index (κ1) is 52.5. The highest BCUT2D eigenvalue weighted by molar-refractivity contribution is 5.69. The van der Waals surface area contributed by atoms with Gasteiger partial charge in [0.1, 0.15) is 43.2 Å². The molecule has 0 spiro atoms. The number of ether oxygens (including phenoxy) is 17. The maximum absolute atomic E-state index is 13.0. The Kier molecular flexibility index (Phi) is 18.1. The minimum atomic E-state index is -2.24. The predicted molar refractivity (Wildman–Crippen MR) is 222 cm³/mol. The van der Waals surface area contributed by atoms with E-state index in [0.717, 1.165) is 40.2 Å². The number of hydrogen-bond acceptors (Lipinski definition) is 22. The van der Waals surface area contributed by atoms with Gasteiger partial charge in [-0.15, -0.1) is 0 Å². The zero-order chi connectivity index (χ0) is 48.5. The standard InChI is InChI=1S/C45H64O22/c1-25(46)58-37-31-20-51-15-17-54-35(33-22-56-43(6,7)64-33)36(34-23-57-44(8,9)65-34)55-18-16-52-21-32-38(59-26(2)47)41(62-29(5)50)45(66-32,24-53-19-30-13-11-10-12-14-30)67-42(63-31)40(61-28(4)49)39(37)60-27(3)48/h10-14,31-42H,15-24H2,1-9H3/t31-,32-,33-,34-,35?,36?,37-,38-,39+,40-,41+,42-,45+/m1/s1. The van der Waals surface area contributed by atoms with Gasteiger partial charge in [-0.1, -0.05) is 30.3 Å². The molecule has 22 nitrogen and oxygen atoms in total. The molecule has 5 aliphatic heterocycles. The fraction of sp³-hybridized carbons (Fsp3) is 0.756. The van der Waals surface area contributed by atoms with Crippen LogP contribution < -0.4 is 0 Å². The van der Waals surface area contributed by atoms with Crippen molar-refractivity contribution in [2.45, 2.75) is 160 Å². The predicted octanol–water partition coefficient (Wildman–Crippen LogP) is 1.82. The Morgan fingerprint density at radius 3 is 1.54 bits per heavy atom. The van der Waals surface area contributed by atoms with Gasteiger partial charge in [-0.05, 0) is 33.3 Å². The second-order valence-corrected chi connectivity index (χ2v) is 17.5. The SMILES string of the molecule is CC(=O)O[C@@H]1[C@@H](OC(C)=O)[C@@H]2O[C@H](COCCOC([C@H]3COC(C)(C)O3)C([C@H]3COC(C)(C)O3)OCCOC[C@H]3O[C@@](COCc4ccccc4)(O2)[C@@H](OC(C)=O)[C@@H]3OC(C)=O)[C@H]1OC(C)=O. The van der Waals surface area contributed by atoms with Gasteiger partial charge in [0.15, 0.2) is 42.1 Å². The first-order chi connectivity index (χ1) is 31.7. The van der Waals surface area contributed by atoms with Crippen LogP contribution in [-0.4, -0.2) is 180 Å². The molecule has 5 saturated heterocycles. The number of esters is 5. The average Bonchev–Trinajstić information content (AvgIpc) is 3.87. The molecule has 376 valence electrons. The van der Waals surface area contributed by atoms with Crippen molar-refractivity contribution in [2.24, 2.45) is 0 Å². The van der Waals surface area contributed by atoms with Crippen LogP contribution in [0.1, 0.15) is 67.9 Å². The summed E-state index contributed by atoms with van der Waals surface area (Å²) < 4.78 is 105. The van der Waals surface area contributed by atoms with E-state index >= 15 is 0 Å². The maximum Gasteiger partial charge on any atom is 0.303 e. The Hall–Kier alpha value is -3.91. The Bertz CT molecular complexity index is 1830. The molecule has 6 rings (SSSR count). The quantitative estimate of drug-likeness (QED) is 0.227. The zero-order valence-corrected chi connectivity index (χ0v) is 39.4. The highest BCUT2D eigenvalue weighted by Crippen LogP contribution is 2.42. The molecular weight excluding hydrogens is 892 g/mol. The summed E-state index contributed by atoms with van der Waals surface area (Å²) in [4.78, 5) is 64.1. The number of carbonyl (C=O) groups excluding carboxylic acids is 5.